The number of furan rings is 1. The molecule has 0 bridgehead atoms. The zero-order chi connectivity index (χ0) is 18.8. The Morgan fingerprint density at radius 1 is 1.33 bits per heavy atom. The van der Waals surface area contributed by atoms with Gasteiger partial charge in [-0.05, 0) is 25.1 Å². The molecule has 0 amide bonds. The minimum absolute atomic E-state index is 0. The van der Waals surface area contributed by atoms with Crippen LogP contribution in [-0.2, 0) is 13.0 Å². The highest BCUT2D eigenvalue weighted by Gasteiger charge is 2.10. The average Bonchev–Trinajstić information content (AvgIpc) is 3.12. The minimum atomic E-state index is -2.87. The van der Waals surface area contributed by atoms with Gasteiger partial charge in [-0.15, -0.1) is 30.6 Å². The summed E-state index contributed by atoms with van der Waals surface area (Å²) in [6, 6.07) is 8.78. The summed E-state index contributed by atoms with van der Waals surface area (Å²) >= 11 is 0. The zero-order valence-electron chi connectivity index (χ0n) is 15.1. The molecule has 0 fully saturated rings. The van der Waals surface area contributed by atoms with Crippen LogP contribution in [0.25, 0.3) is 0 Å². The van der Waals surface area contributed by atoms with Crippen LogP contribution in [0.5, 0.6) is 5.75 Å². The summed E-state index contributed by atoms with van der Waals surface area (Å²) in [6.07, 6.45) is 4.04. The van der Waals surface area contributed by atoms with Crippen molar-refractivity contribution in [1.82, 2.24) is 10.6 Å². The minimum Gasteiger partial charge on any atom is -0.469 e. The molecule has 1 heterocycles. The van der Waals surface area contributed by atoms with Gasteiger partial charge in [0.15, 0.2) is 5.96 Å². The van der Waals surface area contributed by atoms with Crippen LogP contribution >= 0.6 is 24.0 Å². The van der Waals surface area contributed by atoms with E-state index >= 15 is 0 Å². The predicted molar refractivity (Wildman–Crippen MR) is 113 cm³/mol. The van der Waals surface area contributed by atoms with E-state index < -0.39 is 6.61 Å². The molecule has 0 aliphatic heterocycles. The third kappa shape index (κ3) is 8.42. The second-order valence-corrected chi connectivity index (χ2v) is 5.58. The van der Waals surface area contributed by atoms with Crippen molar-refractivity contribution in [3.63, 3.8) is 0 Å². The van der Waals surface area contributed by atoms with Crippen molar-refractivity contribution in [2.75, 3.05) is 13.1 Å². The third-order valence-corrected chi connectivity index (χ3v) is 3.50. The van der Waals surface area contributed by atoms with Gasteiger partial charge in [0.1, 0.15) is 11.5 Å². The van der Waals surface area contributed by atoms with Crippen LogP contribution in [0.3, 0.4) is 0 Å². The number of benzene rings is 1. The summed E-state index contributed by atoms with van der Waals surface area (Å²) in [4.78, 5) is 4.45. The van der Waals surface area contributed by atoms with E-state index in [2.05, 4.69) is 26.9 Å². The summed E-state index contributed by atoms with van der Waals surface area (Å²) in [7, 11) is 0. The molecule has 1 aromatic carbocycles. The van der Waals surface area contributed by atoms with Gasteiger partial charge in [-0.3, -0.25) is 0 Å². The number of aryl methyl sites for hydroxylation is 1. The van der Waals surface area contributed by atoms with Crippen molar-refractivity contribution < 1.29 is 17.9 Å². The molecule has 0 spiro atoms. The van der Waals surface area contributed by atoms with Gasteiger partial charge in [-0.25, -0.2) is 4.99 Å². The van der Waals surface area contributed by atoms with Crippen LogP contribution in [0.2, 0.25) is 0 Å². The van der Waals surface area contributed by atoms with E-state index in [0.29, 0.717) is 31.0 Å². The van der Waals surface area contributed by atoms with Gasteiger partial charge in [0, 0.05) is 25.1 Å². The third-order valence-electron chi connectivity index (χ3n) is 3.50. The Morgan fingerprint density at radius 3 is 2.81 bits per heavy atom. The number of hydrogen-bond acceptors (Lipinski definition) is 3. The summed E-state index contributed by atoms with van der Waals surface area (Å²) < 4.78 is 35.0. The van der Waals surface area contributed by atoms with Gasteiger partial charge >= 0.3 is 6.61 Å². The molecule has 2 aromatic rings. The second-order valence-electron chi connectivity index (χ2n) is 5.58. The van der Waals surface area contributed by atoms with Crippen molar-refractivity contribution in [2.24, 2.45) is 4.99 Å². The lowest BCUT2D eigenvalue weighted by atomic mass is 10.1. The molecule has 0 aliphatic rings. The molecular weight excluding hydrogens is 467 g/mol. The fourth-order valence-corrected chi connectivity index (χ4v) is 2.31. The van der Waals surface area contributed by atoms with E-state index in [-0.39, 0.29) is 36.3 Å². The molecule has 2 rings (SSSR count). The van der Waals surface area contributed by atoms with Crippen molar-refractivity contribution in [2.45, 2.75) is 26.5 Å². The van der Waals surface area contributed by atoms with Gasteiger partial charge < -0.3 is 19.8 Å². The van der Waals surface area contributed by atoms with E-state index in [1.165, 1.54) is 6.07 Å². The van der Waals surface area contributed by atoms with E-state index in [4.69, 9.17) is 4.42 Å². The standard InChI is InChI=1S/C19H23F2N3O2.HI/c1-3-9-22-19(23-10-8-16-5-4-11-25-16)24-13-15-12-14(2)6-7-17(15)26-18(20)21;/h3-7,11-12,18H,1,8-10,13H2,2H3,(H2,22,23,24);1H. The maximum Gasteiger partial charge on any atom is 0.387 e. The number of guanidine groups is 1. The number of ether oxygens (including phenoxy) is 1. The van der Waals surface area contributed by atoms with Crippen LogP contribution in [0.4, 0.5) is 8.78 Å². The second kappa shape index (κ2) is 12.3. The number of alkyl halides is 2. The van der Waals surface area contributed by atoms with Crippen LogP contribution in [0, 0.1) is 6.92 Å². The van der Waals surface area contributed by atoms with E-state index in [0.717, 1.165) is 11.3 Å². The molecule has 5 nitrogen and oxygen atoms in total. The SMILES string of the molecule is C=CCNC(=NCc1cc(C)ccc1OC(F)F)NCCc1ccco1.I. The zero-order valence-corrected chi connectivity index (χ0v) is 17.4. The lowest BCUT2D eigenvalue weighted by Crippen LogP contribution is -2.38. The average molecular weight is 491 g/mol. The topological polar surface area (TPSA) is 58.8 Å². The van der Waals surface area contributed by atoms with Gasteiger partial charge in [0.05, 0.1) is 12.8 Å². The van der Waals surface area contributed by atoms with E-state index in [1.807, 2.05) is 19.1 Å². The highest BCUT2D eigenvalue weighted by Crippen LogP contribution is 2.22. The van der Waals surface area contributed by atoms with E-state index in [1.54, 1.807) is 24.5 Å². The Morgan fingerprint density at radius 2 is 2.15 bits per heavy atom. The first-order chi connectivity index (χ1) is 12.6. The Balaban J connectivity index is 0.00000364. The fourth-order valence-electron chi connectivity index (χ4n) is 2.31. The Hall–Kier alpha value is -2.10. The maximum atomic E-state index is 12.6. The van der Waals surface area contributed by atoms with Crippen molar-refractivity contribution in [1.29, 1.82) is 0 Å². The van der Waals surface area contributed by atoms with Crippen LogP contribution in [-0.4, -0.2) is 25.7 Å². The Labute approximate surface area is 174 Å². The molecule has 1 aromatic heterocycles. The number of aliphatic imine (C=N–C) groups is 1. The first-order valence-corrected chi connectivity index (χ1v) is 8.28. The molecule has 2 N–H and O–H groups in total. The molecular formula is C19H24F2IN3O2. The molecule has 27 heavy (non-hydrogen) atoms. The van der Waals surface area contributed by atoms with Crippen LogP contribution in [0.15, 0.2) is 58.7 Å². The van der Waals surface area contributed by atoms with Crippen molar-refractivity contribution in [3.05, 3.63) is 66.1 Å². The molecule has 148 valence electrons. The normalized spacial score (nSPS) is 11.0. The van der Waals surface area contributed by atoms with Gasteiger partial charge in [-0.2, -0.15) is 8.78 Å². The lowest BCUT2D eigenvalue weighted by Gasteiger charge is -2.13. The monoisotopic (exact) mass is 491 g/mol. The van der Waals surface area contributed by atoms with Crippen molar-refractivity contribution in [3.8, 4) is 5.75 Å². The molecule has 0 unspecified atom stereocenters. The van der Waals surface area contributed by atoms with Gasteiger partial charge in [-0.1, -0.05) is 23.8 Å². The Bertz CT molecular complexity index is 722. The van der Waals surface area contributed by atoms with Gasteiger partial charge in [0.25, 0.3) is 0 Å². The highest BCUT2D eigenvalue weighted by molar-refractivity contribution is 14.0. The first-order valence-electron chi connectivity index (χ1n) is 8.28. The molecule has 0 saturated carbocycles. The number of halogens is 3. The van der Waals surface area contributed by atoms with E-state index in [9.17, 15) is 8.78 Å². The molecule has 0 aliphatic carbocycles. The summed E-state index contributed by atoms with van der Waals surface area (Å²) in [5.74, 6) is 1.56. The number of nitrogens with one attached hydrogen (secondary N) is 2. The summed E-state index contributed by atoms with van der Waals surface area (Å²) in [6.45, 7) is 4.03. The largest absolute Gasteiger partial charge is 0.469 e. The highest BCUT2D eigenvalue weighted by atomic mass is 127. The molecule has 8 heteroatoms. The predicted octanol–water partition coefficient (Wildman–Crippen LogP) is 4.27. The first kappa shape index (κ1) is 22.9. The lowest BCUT2D eigenvalue weighted by molar-refractivity contribution is -0.0504. The Kier molecular flexibility index (Phi) is 10.5. The summed E-state index contributed by atoms with van der Waals surface area (Å²) in [5, 5.41) is 6.28. The smallest absolute Gasteiger partial charge is 0.387 e. The van der Waals surface area contributed by atoms with Crippen LogP contribution < -0.4 is 15.4 Å². The number of hydrogen-bond donors (Lipinski definition) is 2. The number of nitrogens with zero attached hydrogens (tertiary/aromatic N) is 1. The van der Waals surface area contributed by atoms with Crippen LogP contribution in [0.1, 0.15) is 16.9 Å². The number of rotatable bonds is 9. The fraction of sp³-hybridized carbons (Fsp3) is 0.316. The molecule has 0 radical (unpaired) electrons. The van der Waals surface area contributed by atoms with Gasteiger partial charge in [0.2, 0.25) is 0 Å². The molecule has 0 saturated heterocycles. The summed E-state index contributed by atoms with van der Waals surface area (Å²) in [5.41, 5.74) is 1.54. The molecule has 0 atom stereocenters. The van der Waals surface area contributed by atoms with Crippen molar-refractivity contribution >= 4 is 29.9 Å². The maximum absolute atomic E-state index is 12.6. The quantitative estimate of drug-likeness (QED) is 0.238.